The summed E-state index contributed by atoms with van der Waals surface area (Å²) < 4.78 is 15.8. The van der Waals surface area contributed by atoms with E-state index in [1.54, 1.807) is 0 Å². The van der Waals surface area contributed by atoms with E-state index in [1.165, 1.54) is 110 Å². The van der Waals surface area contributed by atoms with Gasteiger partial charge in [-0.15, -0.1) is 0 Å². The van der Waals surface area contributed by atoms with Crippen LogP contribution in [0.5, 0.6) is 0 Å². The Kier molecular flexibility index (Phi) is 28.2. The predicted molar refractivity (Wildman–Crippen MR) is 160 cm³/mol. The van der Waals surface area contributed by atoms with E-state index < -0.39 is 12.1 Å². The summed E-state index contributed by atoms with van der Waals surface area (Å²) in [5.41, 5.74) is 0. The Bertz CT molecular complexity index is 577. The van der Waals surface area contributed by atoms with Crippen molar-refractivity contribution < 1.29 is 28.6 Å². The fourth-order valence-corrected chi connectivity index (χ4v) is 4.70. The monoisotopic (exact) mass is 554 g/mol. The highest BCUT2D eigenvalue weighted by Crippen LogP contribution is 2.14. The van der Waals surface area contributed by atoms with E-state index in [0.29, 0.717) is 12.8 Å². The number of unbranched alkanes of at least 4 members (excludes halogenated alkanes) is 20. The van der Waals surface area contributed by atoms with Crippen molar-refractivity contribution in [1.29, 1.82) is 0 Å². The molecule has 0 spiro atoms. The molecule has 39 heavy (non-hydrogen) atoms. The van der Waals surface area contributed by atoms with Crippen LogP contribution in [0.15, 0.2) is 0 Å². The Labute approximate surface area is 240 Å². The first-order chi connectivity index (χ1) is 19.0. The first-order valence-electron chi connectivity index (χ1n) is 16.5. The van der Waals surface area contributed by atoms with Crippen molar-refractivity contribution in [3.63, 3.8) is 0 Å². The maximum atomic E-state index is 12.3. The lowest BCUT2D eigenvalue weighted by Crippen LogP contribution is -2.30. The van der Waals surface area contributed by atoms with Crippen molar-refractivity contribution in [3.8, 4) is 0 Å². The Balaban J connectivity index is 3.90. The average Bonchev–Trinajstić information content (AvgIpc) is 2.91. The predicted octanol–water partition coefficient (Wildman–Crippen LogP) is 9.41. The molecular formula is C33H62O6. The van der Waals surface area contributed by atoms with Crippen LogP contribution >= 0.6 is 0 Å². The second kappa shape index (κ2) is 29.4. The molecule has 0 radical (unpaired) electrons. The normalized spacial score (nSPS) is 11.8. The molecule has 0 fully saturated rings. The van der Waals surface area contributed by atoms with Crippen LogP contribution in [0.1, 0.15) is 175 Å². The number of esters is 3. The van der Waals surface area contributed by atoms with Gasteiger partial charge in [-0.05, 0) is 12.8 Å². The molecule has 0 saturated carbocycles. The van der Waals surface area contributed by atoms with Crippen LogP contribution in [0.4, 0.5) is 0 Å². The molecule has 230 valence electrons. The van der Waals surface area contributed by atoms with Gasteiger partial charge in [0.15, 0.2) is 6.10 Å². The molecule has 0 saturated heterocycles. The highest BCUT2D eigenvalue weighted by molar-refractivity contribution is 5.70. The summed E-state index contributed by atoms with van der Waals surface area (Å²) >= 11 is 0. The lowest BCUT2D eigenvalue weighted by Gasteiger charge is -2.18. The number of carbonyl (C=O) groups excluding carboxylic acids is 3. The Morgan fingerprint density at radius 2 is 0.795 bits per heavy atom. The van der Waals surface area contributed by atoms with Crippen LogP contribution < -0.4 is 0 Å². The molecule has 0 heterocycles. The zero-order chi connectivity index (χ0) is 28.8. The number of ether oxygens (including phenoxy) is 3. The lowest BCUT2D eigenvalue weighted by atomic mass is 10.1. The minimum Gasteiger partial charge on any atom is -0.462 e. The zero-order valence-corrected chi connectivity index (χ0v) is 25.9. The fraction of sp³-hybridized carbons (Fsp3) is 0.909. The molecule has 0 aliphatic rings. The number of carbonyl (C=O) groups is 3. The number of rotatable bonds is 29. The smallest absolute Gasteiger partial charge is 0.306 e. The average molecular weight is 555 g/mol. The van der Waals surface area contributed by atoms with E-state index in [0.717, 1.165) is 38.5 Å². The van der Waals surface area contributed by atoms with Gasteiger partial charge in [0.25, 0.3) is 0 Å². The molecule has 0 amide bonds. The van der Waals surface area contributed by atoms with Gasteiger partial charge in [-0.2, -0.15) is 0 Å². The summed E-state index contributed by atoms with van der Waals surface area (Å²) in [7, 11) is 0. The summed E-state index contributed by atoms with van der Waals surface area (Å²) in [5, 5.41) is 0. The van der Waals surface area contributed by atoms with Gasteiger partial charge in [0, 0.05) is 19.8 Å². The van der Waals surface area contributed by atoms with Crippen LogP contribution in [0.25, 0.3) is 0 Å². The highest BCUT2D eigenvalue weighted by Gasteiger charge is 2.18. The van der Waals surface area contributed by atoms with Crippen molar-refractivity contribution in [1.82, 2.24) is 0 Å². The van der Waals surface area contributed by atoms with E-state index in [-0.39, 0.29) is 25.2 Å². The van der Waals surface area contributed by atoms with Gasteiger partial charge >= 0.3 is 17.9 Å². The van der Waals surface area contributed by atoms with Crippen molar-refractivity contribution in [2.24, 2.45) is 0 Å². The highest BCUT2D eigenvalue weighted by atomic mass is 16.6. The van der Waals surface area contributed by atoms with E-state index in [2.05, 4.69) is 13.8 Å². The third kappa shape index (κ3) is 29.2. The number of hydrogen-bond acceptors (Lipinski definition) is 6. The maximum Gasteiger partial charge on any atom is 0.306 e. The molecular weight excluding hydrogens is 492 g/mol. The summed E-state index contributed by atoms with van der Waals surface area (Å²) in [4.78, 5) is 35.6. The minimum atomic E-state index is -0.754. The van der Waals surface area contributed by atoms with Crippen molar-refractivity contribution in [2.45, 2.75) is 181 Å². The second-order valence-corrected chi connectivity index (χ2v) is 11.2. The molecule has 0 aromatic carbocycles. The Morgan fingerprint density at radius 1 is 0.462 bits per heavy atom. The number of hydrogen-bond donors (Lipinski definition) is 0. The standard InChI is InChI=1S/C33H62O6/c1-4-6-8-10-12-14-16-18-20-22-24-26-32(35)38-29-31(28-37-30(3)34)39-33(36)27-25-23-21-19-17-15-13-11-9-7-5-2/h31H,4-29H2,1-3H3. The molecule has 0 aromatic heterocycles. The molecule has 0 aliphatic carbocycles. The quantitative estimate of drug-likeness (QED) is 0.0520. The molecule has 0 rings (SSSR count). The van der Waals surface area contributed by atoms with Crippen LogP contribution in [0, 0.1) is 0 Å². The van der Waals surface area contributed by atoms with Crippen LogP contribution in [0.3, 0.4) is 0 Å². The molecule has 0 aromatic rings. The zero-order valence-electron chi connectivity index (χ0n) is 25.9. The van der Waals surface area contributed by atoms with Crippen LogP contribution in [-0.2, 0) is 28.6 Å². The van der Waals surface area contributed by atoms with Crippen molar-refractivity contribution in [3.05, 3.63) is 0 Å². The summed E-state index contributed by atoms with van der Waals surface area (Å²) in [6, 6.07) is 0. The van der Waals surface area contributed by atoms with Gasteiger partial charge in [-0.3, -0.25) is 14.4 Å². The molecule has 0 bridgehead atoms. The third-order valence-electron chi connectivity index (χ3n) is 7.17. The first-order valence-corrected chi connectivity index (χ1v) is 16.5. The van der Waals surface area contributed by atoms with E-state index in [9.17, 15) is 14.4 Å². The van der Waals surface area contributed by atoms with Gasteiger partial charge in [0.05, 0.1) is 0 Å². The lowest BCUT2D eigenvalue weighted by molar-refractivity contribution is -0.166. The largest absolute Gasteiger partial charge is 0.462 e. The van der Waals surface area contributed by atoms with Gasteiger partial charge < -0.3 is 14.2 Å². The molecule has 6 heteroatoms. The summed E-state index contributed by atoms with van der Waals surface area (Å²) in [5.74, 6) is -1.07. The molecule has 0 N–H and O–H groups in total. The molecule has 0 aliphatic heterocycles. The summed E-state index contributed by atoms with van der Waals surface area (Å²) in [6.45, 7) is 5.63. The van der Waals surface area contributed by atoms with Crippen molar-refractivity contribution >= 4 is 17.9 Å². The SMILES string of the molecule is CCCCCCCCCCCCCC(=O)OCC(COC(C)=O)OC(=O)CCCCCCCCCCCCC. The topological polar surface area (TPSA) is 78.9 Å². The van der Waals surface area contributed by atoms with Gasteiger partial charge in [0.2, 0.25) is 0 Å². The minimum absolute atomic E-state index is 0.0753. The molecule has 6 nitrogen and oxygen atoms in total. The fourth-order valence-electron chi connectivity index (χ4n) is 4.70. The van der Waals surface area contributed by atoms with Crippen LogP contribution in [0.2, 0.25) is 0 Å². The Morgan fingerprint density at radius 3 is 1.18 bits per heavy atom. The molecule has 1 unspecified atom stereocenters. The third-order valence-corrected chi connectivity index (χ3v) is 7.17. The van der Waals surface area contributed by atoms with E-state index in [1.807, 2.05) is 0 Å². The van der Waals surface area contributed by atoms with E-state index >= 15 is 0 Å². The molecule has 1 atom stereocenters. The second-order valence-electron chi connectivity index (χ2n) is 11.2. The van der Waals surface area contributed by atoms with E-state index in [4.69, 9.17) is 14.2 Å². The maximum absolute atomic E-state index is 12.3. The van der Waals surface area contributed by atoms with Gasteiger partial charge in [0.1, 0.15) is 13.2 Å². The van der Waals surface area contributed by atoms with Gasteiger partial charge in [-0.1, -0.05) is 142 Å². The summed E-state index contributed by atoms with van der Waals surface area (Å²) in [6.07, 6.45) is 26.8. The van der Waals surface area contributed by atoms with Gasteiger partial charge in [-0.25, -0.2) is 0 Å². The Hall–Kier alpha value is -1.59. The van der Waals surface area contributed by atoms with Crippen molar-refractivity contribution in [2.75, 3.05) is 13.2 Å². The van der Waals surface area contributed by atoms with Crippen LogP contribution in [-0.4, -0.2) is 37.2 Å². The first kappa shape index (κ1) is 37.4.